The van der Waals surface area contributed by atoms with E-state index in [4.69, 9.17) is 4.42 Å². The second kappa shape index (κ2) is 7.51. The number of hydrogen-bond acceptors (Lipinski definition) is 5. The summed E-state index contributed by atoms with van der Waals surface area (Å²) in [6.45, 7) is 11.2. The molecule has 0 saturated heterocycles. The molecule has 0 aliphatic rings. The molecule has 0 spiro atoms. The van der Waals surface area contributed by atoms with Crippen LogP contribution in [0, 0.1) is 6.92 Å². The number of aliphatic hydroxyl groups is 1. The van der Waals surface area contributed by atoms with Crippen LogP contribution in [-0.2, 0) is 0 Å². The maximum Gasteiger partial charge on any atom is 0.211 e. The summed E-state index contributed by atoms with van der Waals surface area (Å²) in [6.07, 6.45) is 1.34. The van der Waals surface area contributed by atoms with Gasteiger partial charge >= 0.3 is 0 Å². The first-order valence-corrected chi connectivity index (χ1v) is 6.62. The van der Waals surface area contributed by atoms with Crippen molar-refractivity contribution >= 4 is 0 Å². The Balaban J connectivity index is 2.31. The van der Waals surface area contributed by atoms with Crippen molar-refractivity contribution in [2.45, 2.75) is 39.8 Å². The molecule has 1 rings (SSSR count). The Kier molecular flexibility index (Phi) is 6.32. The number of likely N-dealkylation sites (N-methyl/N-ethyl adjacent to an activating group) is 1. The van der Waals surface area contributed by atoms with E-state index in [2.05, 4.69) is 29.0 Å². The van der Waals surface area contributed by atoms with E-state index in [1.165, 1.54) is 0 Å². The Morgan fingerprint density at radius 2 is 2.11 bits per heavy atom. The lowest BCUT2D eigenvalue weighted by molar-refractivity contribution is 0.113. The van der Waals surface area contributed by atoms with Gasteiger partial charge in [-0.3, -0.25) is 0 Å². The van der Waals surface area contributed by atoms with Crippen LogP contribution in [0.5, 0.6) is 0 Å². The van der Waals surface area contributed by atoms with Gasteiger partial charge in [0.1, 0.15) is 5.76 Å². The number of hydrogen-bond donors (Lipinski definition) is 2. The summed E-state index contributed by atoms with van der Waals surface area (Å²) in [5.74, 6) is 1.48. The number of aliphatic hydroxyl groups excluding tert-OH is 1. The predicted molar refractivity (Wildman–Crippen MR) is 71.5 cm³/mol. The van der Waals surface area contributed by atoms with Crippen molar-refractivity contribution in [1.29, 1.82) is 0 Å². The molecule has 1 heterocycles. The summed E-state index contributed by atoms with van der Waals surface area (Å²) in [6, 6.07) is 0.0186. The van der Waals surface area contributed by atoms with Gasteiger partial charge in [0.25, 0.3) is 0 Å². The molecule has 18 heavy (non-hydrogen) atoms. The molecule has 0 fully saturated rings. The van der Waals surface area contributed by atoms with Crippen LogP contribution < -0.4 is 5.32 Å². The van der Waals surface area contributed by atoms with Gasteiger partial charge in [0.05, 0.1) is 18.3 Å². The molecule has 0 saturated carbocycles. The van der Waals surface area contributed by atoms with E-state index >= 15 is 0 Å². The highest BCUT2D eigenvalue weighted by Gasteiger charge is 2.14. The normalized spacial score (nSPS) is 15.0. The molecule has 1 aromatic rings. The first-order valence-electron chi connectivity index (χ1n) is 6.62. The van der Waals surface area contributed by atoms with Crippen LogP contribution in [0.3, 0.4) is 0 Å². The Morgan fingerprint density at radius 3 is 2.61 bits per heavy atom. The molecule has 1 aromatic heterocycles. The second-order valence-corrected chi connectivity index (χ2v) is 4.58. The molecule has 0 bridgehead atoms. The maximum atomic E-state index is 9.93. The van der Waals surface area contributed by atoms with Crippen LogP contribution in [-0.4, -0.2) is 47.3 Å². The van der Waals surface area contributed by atoms with E-state index in [0.29, 0.717) is 19.0 Å². The zero-order valence-electron chi connectivity index (χ0n) is 11.8. The molecule has 104 valence electrons. The number of nitrogens with one attached hydrogen (secondary N) is 1. The minimum absolute atomic E-state index is 0.0186. The molecule has 0 radical (unpaired) electrons. The fourth-order valence-corrected chi connectivity index (χ4v) is 1.82. The number of aromatic nitrogens is 1. The number of oxazole rings is 1. The van der Waals surface area contributed by atoms with Gasteiger partial charge in [0.2, 0.25) is 5.89 Å². The standard InChI is InChI=1S/C13H25N3O2/c1-5-16(6-2)9-12(17)8-14-11(4)13-15-7-10(3)18-13/h7,11-12,14,17H,5-6,8-9H2,1-4H3. The van der Waals surface area contributed by atoms with Crippen LogP contribution in [0.4, 0.5) is 0 Å². The highest BCUT2D eigenvalue weighted by Crippen LogP contribution is 2.11. The Bertz CT molecular complexity index is 337. The molecule has 0 amide bonds. The highest BCUT2D eigenvalue weighted by atomic mass is 16.4. The predicted octanol–water partition coefficient (Wildman–Crippen LogP) is 1.34. The third kappa shape index (κ3) is 4.76. The van der Waals surface area contributed by atoms with Crippen LogP contribution in [0.15, 0.2) is 10.6 Å². The summed E-state index contributed by atoms with van der Waals surface area (Å²) in [5.41, 5.74) is 0. The van der Waals surface area contributed by atoms with E-state index < -0.39 is 0 Å². The molecule has 0 aliphatic heterocycles. The smallest absolute Gasteiger partial charge is 0.211 e. The Morgan fingerprint density at radius 1 is 1.44 bits per heavy atom. The third-order valence-corrected chi connectivity index (χ3v) is 3.03. The van der Waals surface area contributed by atoms with Gasteiger partial charge in [0, 0.05) is 13.1 Å². The second-order valence-electron chi connectivity index (χ2n) is 4.58. The summed E-state index contributed by atoms with van der Waals surface area (Å²) in [4.78, 5) is 6.37. The van der Waals surface area contributed by atoms with Crippen molar-refractivity contribution in [3.8, 4) is 0 Å². The average molecular weight is 255 g/mol. The lowest BCUT2D eigenvalue weighted by atomic mass is 10.2. The monoisotopic (exact) mass is 255 g/mol. The zero-order valence-corrected chi connectivity index (χ0v) is 11.8. The molecular formula is C13H25N3O2. The van der Waals surface area contributed by atoms with Crippen molar-refractivity contribution in [2.24, 2.45) is 0 Å². The highest BCUT2D eigenvalue weighted by molar-refractivity contribution is 4.95. The number of aryl methyl sites for hydroxylation is 1. The van der Waals surface area contributed by atoms with E-state index in [1.807, 2.05) is 13.8 Å². The fourth-order valence-electron chi connectivity index (χ4n) is 1.82. The van der Waals surface area contributed by atoms with Gasteiger partial charge in [0.15, 0.2) is 0 Å². The summed E-state index contributed by atoms with van der Waals surface area (Å²) in [7, 11) is 0. The van der Waals surface area contributed by atoms with Crippen molar-refractivity contribution in [2.75, 3.05) is 26.2 Å². The van der Waals surface area contributed by atoms with E-state index in [0.717, 1.165) is 18.8 Å². The van der Waals surface area contributed by atoms with E-state index in [9.17, 15) is 5.11 Å². The molecular weight excluding hydrogens is 230 g/mol. The first kappa shape index (κ1) is 15.1. The van der Waals surface area contributed by atoms with Crippen molar-refractivity contribution in [3.05, 3.63) is 17.8 Å². The SMILES string of the molecule is CCN(CC)CC(O)CNC(C)c1ncc(C)o1. The van der Waals surface area contributed by atoms with Crippen molar-refractivity contribution < 1.29 is 9.52 Å². The lowest BCUT2D eigenvalue weighted by Gasteiger charge is -2.22. The van der Waals surface area contributed by atoms with Crippen LogP contribution in [0.2, 0.25) is 0 Å². The summed E-state index contributed by atoms with van der Waals surface area (Å²) >= 11 is 0. The van der Waals surface area contributed by atoms with Crippen LogP contribution in [0.1, 0.15) is 38.5 Å². The zero-order chi connectivity index (χ0) is 13.5. The third-order valence-electron chi connectivity index (χ3n) is 3.03. The van der Waals surface area contributed by atoms with Crippen LogP contribution in [0.25, 0.3) is 0 Å². The van der Waals surface area contributed by atoms with Crippen LogP contribution >= 0.6 is 0 Å². The average Bonchev–Trinajstić information content (AvgIpc) is 2.79. The molecule has 0 aliphatic carbocycles. The van der Waals surface area contributed by atoms with E-state index in [1.54, 1.807) is 6.20 Å². The number of nitrogens with zero attached hydrogens (tertiary/aromatic N) is 2. The van der Waals surface area contributed by atoms with Gasteiger partial charge < -0.3 is 19.7 Å². The summed E-state index contributed by atoms with van der Waals surface area (Å²) < 4.78 is 5.44. The minimum Gasteiger partial charge on any atom is -0.444 e. The topological polar surface area (TPSA) is 61.5 Å². The molecule has 5 nitrogen and oxygen atoms in total. The lowest BCUT2D eigenvalue weighted by Crippen LogP contribution is -2.38. The Hall–Kier alpha value is -0.910. The molecule has 5 heteroatoms. The Labute approximate surface area is 109 Å². The fraction of sp³-hybridized carbons (Fsp3) is 0.769. The van der Waals surface area contributed by atoms with Gasteiger partial charge in [-0.1, -0.05) is 13.8 Å². The first-order chi connectivity index (χ1) is 8.56. The van der Waals surface area contributed by atoms with Gasteiger partial charge in [-0.25, -0.2) is 4.98 Å². The van der Waals surface area contributed by atoms with Gasteiger partial charge in [-0.15, -0.1) is 0 Å². The molecule has 2 N–H and O–H groups in total. The largest absolute Gasteiger partial charge is 0.444 e. The quantitative estimate of drug-likeness (QED) is 0.734. The molecule has 2 unspecified atom stereocenters. The minimum atomic E-state index is -0.372. The van der Waals surface area contributed by atoms with Crippen molar-refractivity contribution in [3.63, 3.8) is 0 Å². The van der Waals surface area contributed by atoms with Gasteiger partial charge in [-0.05, 0) is 26.9 Å². The maximum absolute atomic E-state index is 9.93. The summed E-state index contributed by atoms with van der Waals surface area (Å²) in [5, 5.41) is 13.2. The van der Waals surface area contributed by atoms with E-state index in [-0.39, 0.29) is 12.1 Å². The van der Waals surface area contributed by atoms with Crippen molar-refractivity contribution in [1.82, 2.24) is 15.2 Å². The number of rotatable bonds is 8. The van der Waals surface area contributed by atoms with Gasteiger partial charge in [-0.2, -0.15) is 0 Å². The molecule has 2 atom stereocenters. The molecule has 0 aromatic carbocycles.